The molecule has 0 saturated carbocycles. The molecule has 0 atom stereocenters. The summed E-state index contributed by atoms with van der Waals surface area (Å²) in [6, 6.07) is 0. The van der Waals surface area contributed by atoms with Crippen LogP contribution in [-0.4, -0.2) is 13.2 Å². The molecule has 0 fully saturated rings. The lowest BCUT2D eigenvalue weighted by molar-refractivity contribution is 0.162. The van der Waals surface area contributed by atoms with Crippen molar-refractivity contribution in [2.24, 2.45) is 0 Å². The molecule has 3 N–H and O–H groups in total. The Balaban J connectivity index is -0.0000000800. The maximum absolute atomic E-state index is 4.83. The van der Waals surface area contributed by atoms with Gasteiger partial charge < -0.3 is 10.9 Å². The van der Waals surface area contributed by atoms with E-state index in [1.165, 1.54) is 0 Å². The van der Waals surface area contributed by atoms with E-state index < -0.39 is 0 Å². The van der Waals surface area contributed by atoms with Crippen molar-refractivity contribution in [3.8, 4) is 0 Å². The summed E-state index contributed by atoms with van der Waals surface area (Å²) in [5.41, 5.74) is 0. The van der Waals surface area contributed by atoms with Crippen molar-refractivity contribution in [2.75, 3.05) is 13.2 Å². The van der Waals surface area contributed by atoms with Crippen molar-refractivity contribution in [1.29, 1.82) is 0 Å². The lowest BCUT2D eigenvalue weighted by Crippen LogP contribution is -1.84. The van der Waals surface area contributed by atoms with Crippen LogP contribution < -0.4 is 6.15 Å². The molecule has 0 aliphatic heterocycles. The second-order valence-corrected chi connectivity index (χ2v) is 0.781. The minimum absolute atomic E-state index is 0. The minimum Gasteiger partial charge on any atom is -0.382 e. The molecule has 48 valence electrons. The first-order chi connectivity index (χ1) is 2.41. The van der Waals surface area contributed by atoms with Gasteiger partial charge in [0.25, 0.3) is 0 Å². The van der Waals surface area contributed by atoms with E-state index >= 15 is 0 Å². The molecular weight excluding hydrogens is 114 g/mol. The lowest BCUT2D eigenvalue weighted by atomic mass is 10.8. The zero-order valence-corrected chi connectivity index (χ0v) is 5.75. The fraction of sp³-hybridized carbons (Fsp3) is 1.00. The van der Waals surface area contributed by atoms with Gasteiger partial charge in [-0.3, -0.25) is 0 Å². The average Bonchev–Trinajstić information content (AvgIpc) is 1.41. The predicted molar refractivity (Wildman–Crippen MR) is 34.4 cm³/mol. The molecule has 0 aromatic heterocycles. The Morgan fingerprint density at radius 3 is 1.43 bits per heavy atom. The molecule has 0 aromatic rings. The van der Waals surface area contributed by atoms with E-state index in [1.807, 2.05) is 13.8 Å². The van der Waals surface area contributed by atoms with Crippen LogP contribution in [0.2, 0.25) is 0 Å². The van der Waals surface area contributed by atoms with E-state index in [0.717, 1.165) is 13.2 Å². The van der Waals surface area contributed by atoms with Gasteiger partial charge in [0.15, 0.2) is 0 Å². The highest BCUT2D eigenvalue weighted by Gasteiger charge is 1.64. The van der Waals surface area contributed by atoms with Crippen molar-refractivity contribution in [2.45, 2.75) is 13.8 Å². The third kappa shape index (κ3) is 22.5. The number of hydrogen-bond donors (Lipinski definition) is 1. The van der Waals surface area contributed by atoms with Gasteiger partial charge in [0.1, 0.15) is 0 Å². The molecule has 0 aromatic carbocycles. The van der Waals surface area contributed by atoms with Crippen LogP contribution in [0.1, 0.15) is 13.8 Å². The van der Waals surface area contributed by atoms with Crippen molar-refractivity contribution >= 4 is 12.4 Å². The number of rotatable bonds is 2. The summed E-state index contributed by atoms with van der Waals surface area (Å²) in [5, 5.41) is 0. The summed E-state index contributed by atoms with van der Waals surface area (Å²) in [4.78, 5) is 0. The van der Waals surface area contributed by atoms with Crippen LogP contribution >= 0.6 is 12.4 Å². The van der Waals surface area contributed by atoms with E-state index in [9.17, 15) is 0 Å². The first kappa shape index (κ1) is 15.7. The molecule has 0 unspecified atom stereocenters. The third-order valence-corrected chi connectivity index (χ3v) is 0.408. The van der Waals surface area contributed by atoms with Crippen molar-refractivity contribution in [3.05, 3.63) is 0 Å². The van der Waals surface area contributed by atoms with Gasteiger partial charge >= 0.3 is 0 Å². The van der Waals surface area contributed by atoms with Crippen LogP contribution in [0.15, 0.2) is 0 Å². The summed E-state index contributed by atoms with van der Waals surface area (Å²) in [5.74, 6) is 0. The predicted octanol–water partition coefficient (Wildman–Crippen LogP) is 1.63. The van der Waals surface area contributed by atoms with Crippen LogP contribution in [0.25, 0.3) is 0 Å². The molecule has 0 saturated heterocycles. The van der Waals surface area contributed by atoms with E-state index in [0.29, 0.717) is 0 Å². The van der Waals surface area contributed by atoms with Gasteiger partial charge in [0.2, 0.25) is 0 Å². The number of halogens is 1. The largest absolute Gasteiger partial charge is 0.382 e. The summed E-state index contributed by atoms with van der Waals surface area (Å²) in [6.45, 7) is 5.67. The Labute approximate surface area is 51.2 Å². The SMILES string of the molecule is CCOCC.Cl.N. The van der Waals surface area contributed by atoms with Crippen molar-refractivity contribution in [1.82, 2.24) is 6.15 Å². The topological polar surface area (TPSA) is 44.2 Å². The summed E-state index contributed by atoms with van der Waals surface area (Å²) >= 11 is 0. The van der Waals surface area contributed by atoms with Crippen LogP contribution in [0.4, 0.5) is 0 Å². The van der Waals surface area contributed by atoms with Gasteiger partial charge in [-0.05, 0) is 13.8 Å². The highest BCUT2D eigenvalue weighted by molar-refractivity contribution is 5.85. The van der Waals surface area contributed by atoms with Gasteiger partial charge in [-0.1, -0.05) is 0 Å². The molecule has 0 radical (unpaired) electrons. The standard InChI is InChI=1S/C4H10O.ClH.H3N/c1-3-5-4-2;;/h3-4H2,1-2H3;1H;1H3. The zero-order valence-electron chi connectivity index (χ0n) is 4.94. The molecule has 7 heavy (non-hydrogen) atoms. The van der Waals surface area contributed by atoms with Gasteiger partial charge in [0, 0.05) is 13.2 Å². The van der Waals surface area contributed by atoms with Crippen molar-refractivity contribution in [3.63, 3.8) is 0 Å². The van der Waals surface area contributed by atoms with Crippen LogP contribution in [0, 0.1) is 0 Å². The molecule has 0 rings (SSSR count). The Bertz CT molecular complexity index is 19.2. The highest BCUT2D eigenvalue weighted by atomic mass is 35.5. The second-order valence-electron chi connectivity index (χ2n) is 0.781. The molecular formula is C4H14ClNO. The first-order valence-electron chi connectivity index (χ1n) is 1.99. The van der Waals surface area contributed by atoms with E-state index in [2.05, 4.69) is 0 Å². The van der Waals surface area contributed by atoms with Gasteiger partial charge in [0.05, 0.1) is 0 Å². The fourth-order valence-electron chi connectivity index (χ4n) is 0.204. The van der Waals surface area contributed by atoms with Crippen LogP contribution in [-0.2, 0) is 4.74 Å². The molecule has 0 aliphatic rings. The average molecular weight is 128 g/mol. The quantitative estimate of drug-likeness (QED) is 0.613. The minimum atomic E-state index is 0. The van der Waals surface area contributed by atoms with E-state index in [1.54, 1.807) is 0 Å². The lowest BCUT2D eigenvalue weighted by Gasteiger charge is -1.86. The molecule has 0 bridgehead atoms. The van der Waals surface area contributed by atoms with Crippen molar-refractivity contribution < 1.29 is 4.74 Å². The monoisotopic (exact) mass is 127 g/mol. The van der Waals surface area contributed by atoms with E-state index in [-0.39, 0.29) is 18.6 Å². The van der Waals surface area contributed by atoms with Gasteiger partial charge in [-0.25, -0.2) is 0 Å². The molecule has 0 aliphatic carbocycles. The zero-order chi connectivity index (χ0) is 4.12. The molecule has 0 amide bonds. The third-order valence-electron chi connectivity index (χ3n) is 0.408. The summed E-state index contributed by atoms with van der Waals surface area (Å²) in [6.07, 6.45) is 0. The Morgan fingerprint density at radius 1 is 1.14 bits per heavy atom. The Kier molecular flexibility index (Phi) is 36.7. The maximum Gasteiger partial charge on any atom is 0.0437 e. The number of hydrogen-bond acceptors (Lipinski definition) is 2. The molecule has 3 heteroatoms. The molecule has 0 spiro atoms. The number of ether oxygens (including phenoxy) is 1. The Hall–Kier alpha value is 0.210. The summed E-state index contributed by atoms with van der Waals surface area (Å²) < 4.78 is 4.83. The van der Waals surface area contributed by atoms with E-state index in [4.69, 9.17) is 4.74 Å². The maximum atomic E-state index is 4.83. The molecule has 0 heterocycles. The van der Waals surface area contributed by atoms with Crippen LogP contribution in [0.3, 0.4) is 0 Å². The Morgan fingerprint density at radius 2 is 1.43 bits per heavy atom. The second kappa shape index (κ2) is 16.4. The highest BCUT2D eigenvalue weighted by Crippen LogP contribution is 1.64. The van der Waals surface area contributed by atoms with Gasteiger partial charge in [-0.2, -0.15) is 0 Å². The normalized spacial score (nSPS) is 6.00. The van der Waals surface area contributed by atoms with Crippen LogP contribution in [0.5, 0.6) is 0 Å². The smallest absolute Gasteiger partial charge is 0.0437 e. The summed E-state index contributed by atoms with van der Waals surface area (Å²) in [7, 11) is 0. The first-order valence-corrected chi connectivity index (χ1v) is 1.99. The molecule has 2 nitrogen and oxygen atoms in total. The fourth-order valence-corrected chi connectivity index (χ4v) is 0.204. The van der Waals surface area contributed by atoms with Gasteiger partial charge in [-0.15, -0.1) is 12.4 Å².